The Morgan fingerprint density at radius 1 is 1.08 bits per heavy atom. The number of hydrogen-bond acceptors (Lipinski definition) is 2. The van der Waals surface area contributed by atoms with Crippen LogP contribution >= 0.6 is 0 Å². The van der Waals surface area contributed by atoms with E-state index in [0.717, 1.165) is 6.42 Å². The summed E-state index contributed by atoms with van der Waals surface area (Å²) in [6.07, 6.45) is 0.779. The molecule has 0 bridgehead atoms. The third-order valence-corrected chi connectivity index (χ3v) is 3.92. The van der Waals surface area contributed by atoms with Crippen molar-refractivity contribution in [2.75, 3.05) is 26.2 Å². The van der Waals surface area contributed by atoms with Crippen molar-refractivity contribution in [3.05, 3.63) is 35.6 Å². The Labute approximate surface area is 142 Å². The molecule has 6 heteroatoms. The highest BCUT2D eigenvalue weighted by Crippen LogP contribution is 2.11. The van der Waals surface area contributed by atoms with Crippen molar-refractivity contribution >= 4 is 11.9 Å². The minimum atomic E-state index is -0.355. The number of carbonyl (C=O) groups excluding carboxylic acids is 2. The zero-order valence-corrected chi connectivity index (χ0v) is 14.6. The summed E-state index contributed by atoms with van der Waals surface area (Å²) in [5.41, 5.74) is 0.123. The quantitative estimate of drug-likeness (QED) is 0.902. The van der Waals surface area contributed by atoms with Gasteiger partial charge in [-0.05, 0) is 38.8 Å². The molecule has 0 radical (unpaired) electrons. The minimum absolute atomic E-state index is 0.0564. The van der Waals surface area contributed by atoms with E-state index in [2.05, 4.69) is 5.32 Å². The largest absolute Gasteiger partial charge is 0.341 e. The highest BCUT2D eigenvalue weighted by atomic mass is 19.1. The van der Waals surface area contributed by atoms with Crippen molar-refractivity contribution < 1.29 is 14.0 Å². The summed E-state index contributed by atoms with van der Waals surface area (Å²) >= 11 is 0. The molecule has 5 nitrogen and oxygen atoms in total. The number of halogens is 1. The van der Waals surface area contributed by atoms with Crippen LogP contribution in [-0.4, -0.2) is 53.5 Å². The normalized spacial score (nSPS) is 15.8. The molecular weight excluding hydrogens is 309 g/mol. The van der Waals surface area contributed by atoms with Crippen LogP contribution in [0.4, 0.5) is 9.18 Å². The molecule has 3 amide bonds. The van der Waals surface area contributed by atoms with E-state index in [-0.39, 0.29) is 29.7 Å². The average Bonchev–Trinajstić information content (AvgIpc) is 2.74. The van der Waals surface area contributed by atoms with Crippen molar-refractivity contribution in [2.45, 2.75) is 39.2 Å². The second-order valence-corrected chi connectivity index (χ2v) is 7.17. The lowest BCUT2D eigenvalue weighted by Gasteiger charge is -2.27. The van der Waals surface area contributed by atoms with Gasteiger partial charge in [-0.1, -0.05) is 18.2 Å². The van der Waals surface area contributed by atoms with Crippen LogP contribution in [0, 0.1) is 5.82 Å². The maximum absolute atomic E-state index is 13.7. The number of hydrogen-bond donors (Lipinski definition) is 1. The topological polar surface area (TPSA) is 52.7 Å². The minimum Gasteiger partial charge on any atom is -0.341 e. The number of benzene rings is 1. The second kappa shape index (κ2) is 7.64. The Morgan fingerprint density at radius 3 is 2.38 bits per heavy atom. The number of rotatable bonds is 2. The van der Waals surface area contributed by atoms with Gasteiger partial charge in [0.05, 0.1) is 6.42 Å². The van der Waals surface area contributed by atoms with E-state index in [9.17, 15) is 14.0 Å². The first-order chi connectivity index (χ1) is 11.3. The molecular formula is C18H26FN3O2. The molecule has 0 aromatic heterocycles. The number of nitrogens with zero attached hydrogens (tertiary/aromatic N) is 2. The molecule has 1 aliphatic rings. The molecule has 1 aromatic rings. The molecule has 1 aliphatic heterocycles. The summed E-state index contributed by atoms with van der Waals surface area (Å²) in [5, 5.41) is 2.94. The number of urea groups is 1. The molecule has 132 valence electrons. The predicted octanol–water partition coefficient (Wildman–Crippen LogP) is 2.41. The third kappa shape index (κ3) is 5.22. The van der Waals surface area contributed by atoms with Crippen LogP contribution in [0.3, 0.4) is 0 Å². The van der Waals surface area contributed by atoms with E-state index in [1.165, 1.54) is 6.07 Å². The van der Waals surface area contributed by atoms with Crippen molar-refractivity contribution in [1.82, 2.24) is 15.1 Å². The molecule has 0 aliphatic carbocycles. The van der Waals surface area contributed by atoms with Gasteiger partial charge in [0.1, 0.15) is 5.82 Å². The monoisotopic (exact) mass is 335 g/mol. The zero-order chi connectivity index (χ0) is 17.7. The highest BCUT2D eigenvalue weighted by molar-refractivity contribution is 5.79. The van der Waals surface area contributed by atoms with Crippen LogP contribution in [-0.2, 0) is 11.2 Å². The van der Waals surface area contributed by atoms with Gasteiger partial charge in [0.2, 0.25) is 5.91 Å². The highest BCUT2D eigenvalue weighted by Gasteiger charge is 2.24. The lowest BCUT2D eigenvalue weighted by Crippen LogP contribution is -2.49. The van der Waals surface area contributed by atoms with Crippen LogP contribution in [0.1, 0.15) is 32.8 Å². The van der Waals surface area contributed by atoms with E-state index in [1.807, 2.05) is 20.8 Å². The summed E-state index contributed by atoms with van der Waals surface area (Å²) in [4.78, 5) is 28.1. The molecule has 0 unspecified atom stereocenters. The molecule has 0 spiro atoms. The van der Waals surface area contributed by atoms with Gasteiger partial charge in [-0.3, -0.25) is 4.79 Å². The lowest BCUT2D eigenvalue weighted by atomic mass is 10.1. The van der Waals surface area contributed by atoms with Crippen molar-refractivity contribution in [3.8, 4) is 0 Å². The number of nitrogens with one attached hydrogen (secondary N) is 1. The molecule has 1 heterocycles. The van der Waals surface area contributed by atoms with Gasteiger partial charge < -0.3 is 15.1 Å². The van der Waals surface area contributed by atoms with E-state index >= 15 is 0 Å². The third-order valence-electron chi connectivity index (χ3n) is 3.92. The maximum Gasteiger partial charge on any atom is 0.317 e. The number of carbonyl (C=O) groups is 2. The summed E-state index contributed by atoms with van der Waals surface area (Å²) in [7, 11) is 0. The Bertz CT molecular complexity index is 598. The van der Waals surface area contributed by atoms with Gasteiger partial charge in [-0.25, -0.2) is 9.18 Å². The van der Waals surface area contributed by atoms with Crippen molar-refractivity contribution in [2.24, 2.45) is 0 Å². The van der Waals surface area contributed by atoms with E-state index in [0.29, 0.717) is 31.7 Å². The molecule has 1 aromatic carbocycles. The van der Waals surface area contributed by atoms with Gasteiger partial charge in [-0.2, -0.15) is 0 Å². The van der Waals surface area contributed by atoms with Crippen LogP contribution in [0.5, 0.6) is 0 Å². The Kier molecular flexibility index (Phi) is 5.80. The van der Waals surface area contributed by atoms with Crippen LogP contribution in [0.2, 0.25) is 0 Å². The summed E-state index contributed by atoms with van der Waals surface area (Å²) in [5.74, 6) is -0.454. The lowest BCUT2D eigenvalue weighted by molar-refractivity contribution is -0.130. The number of amides is 3. The fourth-order valence-electron chi connectivity index (χ4n) is 2.69. The Balaban J connectivity index is 1.92. The summed E-state index contributed by atoms with van der Waals surface area (Å²) < 4.78 is 13.7. The van der Waals surface area contributed by atoms with Crippen molar-refractivity contribution in [3.63, 3.8) is 0 Å². The van der Waals surface area contributed by atoms with E-state index in [4.69, 9.17) is 0 Å². The van der Waals surface area contributed by atoms with Gasteiger partial charge in [0.25, 0.3) is 0 Å². The molecule has 1 saturated heterocycles. The SMILES string of the molecule is CC(C)(C)NC(=O)N1CCCN(C(=O)Cc2ccccc2F)CC1. The van der Waals surface area contributed by atoms with Crippen LogP contribution < -0.4 is 5.32 Å². The van der Waals surface area contributed by atoms with Crippen molar-refractivity contribution in [1.29, 1.82) is 0 Å². The molecule has 2 rings (SSSR count). The van der Waals surface area contributed by atoms with Crippen LogP contribution in [0.15, 0.2) is 24.3 Å². The molecule has 0 saturated carbocycles. The molecule has 0 atom stereocenters. The molecule has 1 fully saturated rings. The van der Waals surface area contributed by atoms with E-state index < -0.39 is 0 Å². The van der Waals surface area contributed by atoms with E-state index in [1.54, 1.807) is 28.0 Å². The van der Waals surface area contributed by atoms with Gasteiger partial charge in [0.15, 0.2) is 0 Å². The first-order valence-electron chi connectivity index (χ1n) is 8.34. The first kappa shape index (κ1) is 18.2. The smallest absolute Gasteiger partial charge is 0.317 e. The maximum atomic E-state index is 13.7. The predicted molar refractivity (Wildman–Crippen MR) is 91.2 cm³/mol. The fraction of sp³-hybridized carbons (Fsp3) is 0.556. The summed E-state index contributed by atoms with van der Waals surface area (Å²) in [6.45, 7) is 7.99. The molecule has 1 N–H and O–H groups in total. The fourth-order valence-corrected chi connectivity index (χ4v) is 2.69. The van der Waals surface area contributed by atoms with Gasteiger partial charge in [-0.15, -0.1) is 0 Å². The first-order valence-corrected chi connectivity index (χ1v) is 8.34. The Hall–Kier alpha value is -2.11. The van der Waals surface area contributed by atoms with Gasteiger partial charge in [0, 0.05) is 31.7 Å². The zero-order valence-electron chi connectivity index (χ0n) is 14.6. The van der Waals surface area contributed by atoms with Gasteiger partial charge >= 0.3 is 6.03 Å². The second-order valence-electron chi connectivity index (χ2n) is 7.17. The Morgan fingerprint density at radius 2 is 1.71 bits per heavy atom. The standard InChI is InChI=1S/C18H26FN3O2/c1-18(2,3)20-17(24)22-10-6-9-21(11-12-22)16(23)13-14-7-4-5-8-15(14)19/h4-5,7-8H,6,9-13H2,1-3H3,(H,20,24). The summed E-state index contributed by atoms with van der Waals surface area (Å²) in [6, 6.07) is 6.23. The molecule has 24 heavy (non-hydrogen) atoms. The van der Waals surface area contributed by atoms with Crippen LogP contribution in [0.25, 0.3) is 0 Å². The average molecular weight is 335 g/mol.